The van der Waals surface area contributed by atoms with Gasteiger partial charge in [-0.3, -0.25) is 4.99 Å². The Bertz CT molecular complexity index is 827. The third kappa shape index (κ3) is 5.21. The Hall–Kier alpha value is -3.07. The molecule has 0 atom stereocenters. The largest absolute Gasteiger partial charge is 0.496 e. The number of hydrogen-bond acceptors (Lipinski definition) is 3. The van der Waals surface area contributed by atoms with E-state index in [4.69, 9.17) is 10.00 Å². The van der Waals surface area contributed by atoms with Crippen LogP contribution in [0.15, 0.2) is 41.4 Å². The van der Waals surface area contributed by atoms with Gasteiger partial charge in [0.15, 0.2) is 5.96 Å². The molecule has 0 aliphatic rings. The Morgan fingerprint density at radius 1 is 1.23 bits per heavy atom. The van der Waals surface area contributed by atoms with Crippen LogP contribution in [0.25, 0.3) is 0 Å². The molecule has 2 rings (SSSR count). The lowest BCUT2D eigenvalue weighted by Gasteiger charge is -2.13. The summed E-state index contributed by atoms with van der Waals surface area (Å²) < 4.78 is 19.2. The fraction of sp³-hybridized carbons (Fsp3) is 0.300. The van der Waals surface area contributed by atoms with Gasteiger partial charge in [0.25, 0.3) is 0 Å². The molecule has 2 N–H and O–H groups in total. The second kappa shape index (κ2) is 9.42. The van der Waals surface area contributed by atoms with Crippen molar-refractivity contribution in [1.82, 2.24) is 10.6 Å². The topological polar surface area (TPSA) is 69.4 Å². The molecule has 0 aliphatic carbocycles. The lowest BCUT2D eigenvalue weighted by molar-refractivity contribution is 0.411. The van der Waals surface area contributed by atoms with Gasteiger partial charge in [-0.25, -0.2) is 4.39 Å². The minimum absolute atomic E-state index is 0.287. The minimum atomic E-state index is -0.404. The highest BCUT2D eigenvalue weighted by Gasteiger charge is 2.05. The van der Waals surface area contributed by atoms with Crippen molar-refractivity contribution in [1.29, 1.82) is 5.26 Å². The fourth-order valence-corrected chi connectivity index (χ4v) is 2.50. The van der Waals surface area contributed by atoms with Crippen molar-refractivity contribution in [2.75, 3.05) is 20.7 Å². The lowest BCUT2D eigenvalue weighted by atomic mass is 10.1. The van der Waals surface area contributed by atoms with Crippen LogP contribution in [0.2, 0.25) is 0 Å². The third-order valence-corrected chi connectivity index (χ3v) is 4.03. The highest BCUT2D eigenvalue weighted by atomic mass is 19.1. The summed E-state index contributed by atoms with van der Waals surface area (Å²) in [6.07, 6.45) is 0.808. The van der Waals surface area contributed by atoms with Gasteiger partial charge in [0, 0.05) is 25.7 Å². The van der Waals surface area contributed by atoms with Crippen LogP contribution < -0.4 is 15.4 Å². The number of ether oxygens (including phenoxy) is 1. The number of nitriles is 1. The van der Waals surface area contributed by atoms with Crippen LogP contribution in [0, 0.1) is 24.1 Å². The molecule has 0 aromatic heterocycles. The number of hydrogen-bond donors (Lipinski definition) is 2. The van der Waals surface area contributed by atoms with Gasteiger partial charge in [0.1, 0.15) is 11.6 Å². The lowest BCUT2D eigenvalue weighted by Crippen LogP contribution is -2.38. The molecular weight excluding hydrogens is 331 g/mol. The zero-order valence-electron chi connectivity index (χ0n) is 15.3. The number of nitrogens with zero attached hydrogens (tertiary/aromatic N) is 2. The molecule has 0 fully saturated rings. The number of methoxy groups -OCH3 is 1. The minimum Gasteiger partial charge on any atom is -0.496 e. The number of benzene rings is 2. The monoisotopic (exact) mass is 354 g/mol. The van der Waals surface area contributed by atoms with Crippen LogP contribution in [0.1, 0.15) is 22.3 Å². The zero-order chi connectivity index (χ0) is 18.9. The number of aliphatic imine (C=N–C) groups is 1. The maximum absolute atomic E-state index is 13.9. The van der Waals surface area contributed by atoms with E-state index < -0.39 is 5.82 Å². The third-order valence-electron chi connectivity index (χ3n) is 4.03. The molecular formula is C20H23FN4O. The highest BCUT2D eigenvalue weighted by Crippen LogP contribution is 2.19. The normalized spacial score (nSPS) is 11.0. The van der Waals surface area contributed by atoms with Crippen LogP contribution in [0.4, 0.5) is 4.39 Å². The second-order valence-corrected chi connectivity index (χ2v) is 5.82. The van der Waals surface area contributed by atoms with Crippen molar-refractivity contribution >= 4 is 5.96 Å². The van der Waals surface area contributed by atoms with Crippen molar-refractivity contribution < 1.29 is 9.13 Å². The van der Waals surface area contributed by atoms with Crippen LogP contribution >= 0.6 is 0 Å². The molecule has 2 aromatic rings. The molecule has 0 amide bonds. The van der Waals surface area contributed by atoms with Crippen LogP contribution in [0.3, 0.4) is 0 Å². The van der Waals surface area contributed by atoms with Gasteiger partial charge in [-0.2, -0.15) is 5.26 Å². The van der Waals surface area contributed by atoms with E-state index in [0.29, 0.717) is 23.6 Å². The molecule has 6 heteroatoms. The zero-order valence-corrected chi connectivity index (χ0v) is 15.3. The van der Waals surface area contributed by atoms with Crippen molar-refractivity contribution in [2.24, 2.45) is 4.99 Å². The van der Waals surface area contributed by atoms with Gasteiger partial charge in [-0.1, -0.05) is 18.2 Å². The van der Waals surface area contributed by atoms with Gasteiger partial charge in [-0.05, 0) is 42.7 Å². The summed E-state index contributed by atoms with van der Waals surface area (Å²) in [4.78, 5) is 4.14. The van der Waals surface area contributed by atoms with Crippen molar-refractivity contribution in [3.8, 4) is 11.8 Å². The summed E-state index contributed by atoms with van der Waals surface area (Å²) >= 11 is 0. The van der Waals surface area contributed by atoms with Crippen LogP contribution in [-0.4, -0.2) is 26.7 Å². The Morgan fingerprint density at radius 3 is 2.69 bits per heavy atom. The van der Waals surface area contributed by atoms with Gasteiger partial charge in [0.05, 0.1) is 18.7 Å². The Balaban J connectivity index is 1.86. The van der Waals surface area contributed by atoms with Gasteiger partial charge in [-0.15, -0.1) is 0 Å². The Labute approximate surface area is 153 Å². The molecule has 0 heterocycles. The van der Waals surface area contributed by atoms with E-state index in [2.05, 4.69) is 21.7 Å². The maximum Gasteiger partial charge on any atom is 0.191 e. The average molecular weight is 354 g/mol. The summed E-state index contributed by atoms with van der Waals surface area (Å²) in [5.74, 6) is 1.06. The number of aryl methyl sites for hydroxylation is 1. The van der Waals surface area contributed by atoms with E-state index in [1.54, 1.807) is 26.3 Å². The van der Waals surface area contributed by atoms with Crippen molar-refractivity contribution in [2.45, 2.75) is 19.9 Å². The molecule has 0 aliphatic heterocycles. The first-order valence-electron chi connectivity index (χ1n) is 8.34. The summed E-state index contributed by atoms with van der Waals surface area (Å²) in [5.41, 5.74) is 3.05. The van der Waals surface area contributed by atoms with Crippen LogP contribution in [-0.2, 0) is 13.0 Å². The summed E-state index contributed by atoms with van der Waals surface area (Å²) in [6.45, 7) is 2.98. The molecule has 0 bridgehead atoms. The first kappa shape index (κ1) is 19.3. The molecule has 5 nitrogen and oxygen atoms in total. The van der Waals surface area contributed by atoms with E-state index in [0.717, 1.165) is 23.3 Å². The second-order valence-electron chi connectivity index (χ2n) is 5.82. The van der Waals surface area contributed by atoms with E-state index in [1.165, 1.54) is 6.07 Å². The Kier molecular flexibility index (Phi) is 6.98. The molecule has 0 radical (unpaired) electrons. The summed E-state index contributed by atoms with van der Waals surface area (Å²) in [6, 6.07) is 12.5. The van der Waals surface area contributed by atoms with Gasteiger partial charge >= 0.3 is 0 Å². The molecule has 0 spiro atoms. The number of nitrogens with one attached hydrogen (secondary N) is 2. The maximum atomic E-state index is 13.9. The van der Waals surface area contributed by atoms with Crippen LogP contribution in [0.5, 0.6) is 5.75 Å². The first-order chi connectivity index (χ1) is 12.6. The van der Waals surface area contributed by atoms with Crippen molar-refractivity contribution in [3.05, 3.63) is 64.5 Å². The number of guanidine groups is 1. The molecule has 0 unspecified atom stereocenters. The van der Waals surface area contributed by atoms with E-state index in [-0.39, 0.29) is 6.54 Å². The van der Waals surface area contributed by atoms with Crippen molar-refractivity contribution in [3.63, 3.8) is 0 Å². The molecule has 0 saturated carbocycles. The molecule has 0 saturated heterocycles. The molecule has 26 heavy (non-hydrogen) atoms. The summed E-state index contributed by atoms with van der Waals surface area (Å²) in [5, 5.41) is 15.1. The van der Waals surface area contributed by atoms with E-state index >= 15 is 0 Å². The smallest absolute Gasteiger partial charge is 0.191 e. The van der Waals surface area contributed by atoms with Gasteiger partial charge in [0.2, 0.25) is 0 Å². The first-order valence-corrected chi connectivity index (χ1v) is 8.34. The predicted molar refractivity (Wildman–Crippen MR) is 101 cm³/mol. The quantitative estimate of drug-likeness (QED) is 0.618. The van der Waals surface area contributed by atoms with E-state index in [1.807, 2.05) is 25.1 Å². The molecule has 136 valence electrons. The number of rotatable bonds is 6. The summed E-state index contributed by atoms with van der Waals surface area (Å²) in [7, 11) is 3.33. The average Bonchev–Trinajstić information content (AvgIpc) is 2.66. The van der Waals surface area contributed by atoms with Gasteiger partial charge < -0.3 is 15.4 Å². The number of halogens is 1. The molecule has 2 aromatic carbocycles. The van der Waals surface area contributed by atoms with E-state index in [9.17, 15) is 4.39 Å². The predicted octanol–water partition coefficient (Wildman–Crippen LogP) is 2.92. The highest BCUT2D eigenvalue weighted by molar-refractivity contribution is 5.79. The fourth-order valence-electron chi connectivity index (χ4n) is 2.50. The SMILES string of the molecule is CN=C(NCCc1ccc(C)c(OC)c1)NCc1ccc(C#N)cc1F. The Morgan fingerprint density at radius 2 is 2.04 bits per heavy atom. The standard InChI is InChI=1S/C20H23FN4O/c1-14-4-5-15(11-19(14)26-3)8-9-24-20(23-2)25-13-17-7-6-16(12-22)10-18(17)21/h4-7,10-11H,8-9,13H2,1-3H3,(H2,23,24,25).